The number of halogens is 1. The van der Waals surface area contributed by atoms with Gasteiger partial charge in [-0.3, -0.25) is 0 Å². The van der Waals surface area contributed by atoms with E-state index in [2.05, 4.69) is 65.2 Å². The topological polar surface area (TPSA) is 7.12 Å². The Labute approximate surface area is 131 Å². The predicted molar refractivity (Wildman–Crippen MR) is 78.4 cm³/mol. The van der Waals surface area contributed by atoms with Crippen molar-refractivity contribution in [3.8, 4) is 0 Å². The van der Waals surface area contributed by atoms with E-state index in [0.717, 1.165) is 6.54 Å². The molecule has 0 N–H and O–H groups in total. The summed E-state index contributed by atoms with van der Waals surface area (Å²) < 4.78 is 2.24. The molecule has 1 aliphatic rings. The Morgan fingerprint density at radius 1 is 0.950 bits per heavy atom. The largest absolute Gasteiger partial charge is 1.00 e. The number of anilines is 1. The fourth-order valence-electron chi connectivity index (χ4n) is 2.65. The standard InChI is InChI=1S/C17H21N2.BrH/c1-15-4-6-16(7-5-15)14-18-12-8-17(9-13-18)19-10-2-3-11-19;/h4-9,12-13H,2-3,10-11,14H2,1H3;1H/q+1;/p-1. The van der Waals surface area contributed by atoms with E-state index in [1.165, 1.54) is 42.7 Å². The molecule has 0 amide bonds. The number of hydrogen-bond acceptors (Lipinski definition) is 1. The van der Waals surface area contributed by atoms with Gasteiger partial charge in [0.1, 0.15) is 0 Å². The average molecular weight is 333 g/mol. The predicted octanol–water partition coefficient (Wildman–Crippen LogP) is -0.0650. The van der Waals surface area contributed by atoms with Crippen LogP contribution in [0.15, 0.2) is 48.8 Å². The van der Waals surface area contributed by atoms with E-state index in [1.807, 2.05) is 0 Å². The fraction of sp³-hybridized carbons (Fsp3) is 0.353. The molecule has 1 aromatic carbocycles. The van der Waals surface area contributed by atoms with Crippen LogP contribution >= 0.6 is 0 Å². The molecule has 0 radical (unpaired) electrons. The Balaban J connectivity index is 0.00000147. The fourth-order valence-corrected chi connectivity index (χ4v) is 2.65. The van der Waals surface area contributed by atoms with Crippen molar-refractivity contribution in [2.45, 2.75) is 26.3 Å². The van der Waals surface area contributed by atoms with Gasteiger partial charge in [0.15, 0.2) is 18.9 Å². The highest BCUT2D eigenvalue weighted by Crippen LogP contribution is 2.18. The molecule has 0 bridgehead atoms. The zero-order valence-corrected chi connectivity index (χ0v) is 13.5. The van der Waals surface area contributed by atoms with Gasteiger partial charge in [-0.05, 0) is 19.8 Å². The Kier molecular flexibility index (Phi) is 5.18. The second kappa shape index (κ2) is 6.89. The first kappa shape index (κ1) is 15.0. The molecule has 1 fully saturated rings. The Bertz CT molecular complexity index is 528. The molecule has 0 aliphatic carbocycles. The third-order valence-electron chi connectivity index (χ3n) is 3.83. The van der Waals surface area contributed by atoms with Gasteiger partial charge in [0.2, 0.25) is 0 Å². The molecule has 0 spiro atoms. The molecular formula is C17H21BrN2. The lowest BCUT2D eigenvalue weighted by Crippen LogP contribution is -3.00. The number of nitrogens with zero attached hydrogens (tertiary/aromatic N) is 2. The SMILES string of the molecule is Cc1ccc(C[n+]2ccc(N3CCCC3)cc2)cc1.[Br-]. The molecule has 1 aliphatic heterocycles. The molecule has 0 atom stereocenters. The van der Waals surface area contributed by atoms with Gasteiger partial charge in [0, 0.05) is 36.5 Å². The van der Waals surface area contributed by atoms with E-state index in [9.17, 15) is 0 Å². The van der Waals surface area contributed by atoms with E-state index in [4.69, 9.17) is 0 Å². The van der Waals surface area contributed by atoms with Crippen molar-refractivity contribution in [1.82, 2.24) is 0 Å². The summed E-state index contributed by atoms with van der Waals surface area (Å²) in [5, 5.41) is 0. The van der Waals surface area contributed by atoms with Crippen LogP contribution in [-0.2, 0) is 6.54 Å². The maximum atomic E-state index is 2.47. The van der Waals surface area contributed by atoms with Crippen LogP contribution in [0.25, 0.3) is 0 Å². The Hall–Kier alpha value is -1.35. The lowest BCUT2D eigenvalue weighted by molar-refractivity contribution is -0.688. The zero-order chi connectivity index (χ0) is 13.1. The summed E-state index contributed by atoms with van der Waals surface area (Å²) in [7, 11) is 0. The molecule has 1 saturated heterocycles. The molecule has 2 nitrogen and oxygen atoms in total. The molecule has 2 aromatic rings. The van der Waals surface area contributed by atoms with E-state index < -0.39 is 0 Å². The highest BCUT2D eigenvalue weighted by atomic mass is 79.9. The van der Waals surface area contributed by atoms with Crippen molar-refractivity contribution < 1.29 is 21.5 Å². The summed E-state index contributed by atoms with van der Waals surface area (Å²) in [6.45, 7) is 5.49. The van der Waals surface area contributed by atoms with Gasteiger partial charge in [-0.1, -0.05) is 29.8 Å². The van der Waals surface area contributed by atoms with Crippen molar-refractivity contribution in [3.63, 3.8) is 0 Å². The van der Waals surface area contributed by atoms with Crippen LogP contribution in [-0.4, -0.2) is 13.1 Å². The second-order valence-corrected chi connectivity index (χ2v) is 5.41. The van der Waals surface area contributed by atoms with E-state index in [1.54, 1.807) is 0 Å². The quantitative estimate of drug-likeness (QED) is 0.714. The third-order valence-corrected chi connectivity index (χ3v) is 3.83. The monoisotopic (exact) mass is 332 g/mol. The van der Waals surface area contributed by atoms with Crippen LogP contribution in [0.1, 0.15) is 24.0 Å². The van der Waals surface area contributed by atoms with Crippen molar-refractivity contribution >= 4 is 5.69 Å². The van der Waals surface area contributed by atoms with Crippen LogP contribution in [0, 0.1) is 6.92 Å². The van der Waals surface area contributed by atoms with Crippen LogP contribution in [0.4, 0.5) is 5.69 Å². The van der Waals surface area contributed by atoms with E-state index >= 15 is 0 Å². The number of rotatable bonds is 3. The Morgan fingerprint density at radius 2 is 1.55 bits per heavy atom. The molecule has 106 valence electrons. The molecule has 0 unspecified atom stereocenters. The zero-order valence-electron chi connectivity index (χ0n) is 11.9. The molecule has 20 heavy (non-hydrogen) atoms. The minimum Gasteiger partial charge on any atom is -1.00 e. The van der Waals surface area contributed by atoms with Crippen LogP contribution in [0.2, 0.25) is 0 Å². The van der Waals surface area contributed by atoms with Crippen molar-refractivity contribution in [3.05, 3.63) is 59.9 Å². The van der Waals surface area contributed by atoms with Crippen LogP contribution < -0.4 is 26.4 Å². The number of aromatic nitrogens is 1. The number of hydrogen-bond donors (Lipinski definition) is 0. The molecule has 3 heteroatoms. The maximum Gasteiger partial charge on any atom is 0.173 e. The molecule has 2 heterocycles. The number of pyridine rings is 1. The third kappa shape index (κ3) is 3.60. The van der Waals surface area contributed by atoms with Gasteiger partial charge in [-0.15, -0.1) is 0 Å². The summed E-state index contributed by atoms with van der Waals surface area (Å²) in [6.07, 6.45) is 7.04. The number of aryl methyl sites for hydroxylation is 1. The molecular weight excluding hydrogens is 312 g/mol. The highest BCUT2D eigenvalue weighted by molar-refractivity contribution is 5.44. The van der Waals surface area contributed by atoms with Crippen molar-refractivity contribution in [2.75, 3.05) is 18.0 Å². The van der Waals surface area contributed by atoms with E-state index in [-0.39, 0.29) is 17.0 Å². The average Bonchev–Trinajstić information content (AvgIpc) is 2.96. The number of benzene rings is 1. The summed E-state index contributed by atoms with van der Waals surface area (Å²) in [6, 6.07) is 13.2. The Morgan fingerprint density at radius 3 is 2.15 bits per heavy atom. The maximum absolute atomic E-state index is 2.47. The summed E-state index contributed by atoms with van der Waals surface area (Å²) in [5.41, 5.74) is 4.03. The minimum absolute atomic E-state index is 0. The van der Waals surface area contributed by atoms with Gasteiger partial charge in [-0.25, -0.2) is 4.57 Å². The first-order valence-corrected chi connectivity index (χ1v) is 7.11. The van der Waals surface area contributed by atoms with Gasteiger partial charge in [0.05, 0.1) is 0 Å². The molecule has 0 saturated carbocycles. The second-order valence-electron chi connectivity index (χ2n) is 5.41. The first-order chi connectivity index (χ1) is 9.31. The van der Waals surface area contributed by atoms with Crippen LogP contribution in [0.3, 0.4) is 0 Å². The summed E-state index contributed by atoms with van der Waals surface area (Å²) >= 11 is 0. The minimum atomic E-state index is 0. The lowest BCUT2D eigenvalue weighted by atomic mass is 10.1. The highest BCUT2D eigenvalue weighted by Gasteiger charge is 2.13. The molecule has 1 aromatic heterocycles. The van der Waals surface area contributed by atoms with Crippen LogP contribution in [0.5, 0.6) is 0 Å². The van der Waals surface area contributed by atoms with Gasteiger partial charge in [0.25, 0.3) is 0 Å². The normalized spacial score (nSPS) is 14.2. The summed E-state index contributed by atoms with van der Waals surface area (Å²) in [4.78, 5) is 2.47. The smallest absolute Gasteiger partial charge is 0.173 e. The van der Waals surface area contributed by atoms with Crippen molar-refractivity contribution in [2.24, 2.45) is 0 Å². The first-order valence-electron chi connectivity index (χ1n) is 7.11. The van der Waals surface area contributed by atoms with Gasteiger partial charge in [-0.2, -0.15) is 0 Å². The van der Waals surface area contributed by atoms with Gasteiger partial charge >= 0.3 is 0 Å². The summed E-state index contributed by atoms with van der Waals surface area (Å²) in [5.74, 6) is 0. The van der Waals surface area contributed by atoms with Gasteiger partial charge < -0.3 is 21.9 Å². The lowest BCUT2D eigenvalue weighted by Gasteiger charge is -2.16. The molecule has 3 rings (SSSR count). The van der Waals surface area contributed by atoms with E-state index in [0.29, 0.717) is 0 Å². The van der Waals surface area contributed by atoms with Crippen molar-refractivity contribution in [1.29, 1.82) is 0 Å².